The van der Waals surface area contributed by atoms with E-state index in [1.807, 2.05) is 22.6 Å². The summed E-state index contributed by atoms with van der Waals surface area (Å²) in [7, 11) is 1.60. The minimum atomic E-state index is -0.623. The summed E-state index contributed by atoms with van der Waals surface area (Å²) in [5.41, 5.74) is 0. The average molecular weight is 254 g/mol. The molecule has 0 fully saturated rings. The lowest BCUT2D eigenvalue weighted by Gasteiger charge is -1.81. The maximum Gasteiger partial charge on any atom is 0.492 e. The molecule has 0 atom stereocenters. The van der Waals surface area contributed by atoms with Gasteiger partial charge in [0, 0.05) is 34.7 Å². The Balaban J connectivity index is 3.10. The van der Waals surface area contributed by atoms with Crippen molar-refractivity contribution in [3.8, 4) is 0 Å². The van der Waals surface area contributed by atoms with Gasteiger partial charge >= 0.3 is 5.95 Å². The first-order valence-electron chi connectivity index (χ1n) is 2.32. The van der Waals surface area contributed by atoms with Crippen LogP contribution < -0.4 is 0 Å². The minimum Gasteiger partial charge on any atom is -0.390 e. The molecule has 1 rings (SSSR count). The predicted octanol–water partition coefficient (Wildman–Crippen LogP) is 0.328. The summed E-state index contributed by atoms with van der Waals surface area (Å²) in [6, 6.07) is 0. The molecule has 0 aromatic carbocycles. The molecule has 0 aliphatic heterocycles. The van der Waals surface area contributed by atoms with E-state index < -0.39 is 4.92 Å². The standard InChI is InChI=1S/C3H3IN4O2/c1-7-2(4)5-3(6-7)8(9)10/h1H3. The molecule has 54 valence electrons. The molecule has 0 amide bonds. The molecule has 0 N–H and O–H groups in total. The molecule has 1 heterocycles. The molecule has 0 unspecified atom stereocenters. The molecule has 10 heavy (non-hydrogen) atoms. The molecule has 0 saturated heterocycles. The van der Waals surface area contributed by atoms with E-state index in [0.717, 1.165) is 0 Å². The predicted molar refractivity (Wildman–Crippen MR) is 40.4 cm³/mol. The van der Waals surface area contributed by atoms with Gasteiger partial charge in [-0.3, -0.25) is 0 Å². The highest BCUT2D eigenvalue weighted by molar-refractivity contribution is 14.1. The number of aromatic nitrogens is 3. The summed E-state index contributed by atoms with van der Waals surface area (Å²) < 4.78 is 1.85. The van der Waals surface area contributed by atoms with Crippen LogP contribution in [0.2, 0.25) is 0 Å². The van der Waals surface area contributed by atoms with Gasteiger partial charge in [0.25, 0.3) is 3.83 Å². The van der Waals surface area contributed by atoms with Gasteiger partial charge in [-0.1, -0.05) is 0 Å². The van der Waals surface area contributed by atoms with E-state index in [-0.39, 0.29) is 5.95 Å². The summed E-state index contributed by atoms with van der Waals surface area (Å²) in [5, 5.41) is 13.5. The van der Waals surface area contributed by atoms with Crippen molar-refractivity contribution in [3.05, 3.63) is 13.9 Å². The van der Waals surface area contributed by atoms with Crippen LogP contribution in [0.4, 0.5) is 5.95 Å². The van der Waals surface area contributed by atoms with Crippen LogP contribution in [0.5, 0.6) is 0 Å². The topological polar surface area (TPSA) is 73.8 Å². The number of aryl methyl sites for hydroxylation is 1. The lowest BCUT2D eigenvalue weighted by atomic mass is 11.1. The van der Waals surface area contributed by atoms with E-state index in [9.17, 15) is 10.1 Å². The van der Waals surface area contributed by atoms with Crippen molar-refractivity contribution in [1.82, 2.24) is 14.8 Å². The smallest absolute Gasteiger partial charge is 0.390 e. The van der Waals surface area contributed by atoms with E-state index in [1.165, 1.54) is 4.68 Å². The summed E-state index contributed by atoms with van der Waals surface area (Å²) in [4.78, 5) is 13.0. The summed E-state index contributed by atoms with van der Waals surface area (Å²) >= 11 is 1.86. The first-order chi connectivity index (χ1) is 4.61. The van der Waals surface area contributed by atoms with E-state index >= 15 is 0 Å². The van der Waals surface area contributed by atoms with Crippen LogP contribution in [-0.4, -0.2) is 19.7 Å². The lowest BCUT2D eigenvalue weighted by Crippen LogP contribution is -1.93. The van der Waals surface area contributed by atoms with Crippen molar-refractivity contribution in [2.75, 3.05) is 0 Å². The Morgan fingerprint density at radius 3 is 2.60 bits per heavy atom. The zero-order chi connectivity index (χ0) is 7.72. The van der Waals surface area contributed by atoms with E-state index in [4.69, 9.17) is 0 Å². The first-order valence-corrected chi connectivity index (χ1v) is 3.40. The van der Waals surface area contributed by atoms with Crippen molar-refractivity contribution in [2.24, 2.45) is 7.05 Å². The Kier molecular flexibility index (Phi) is 1.83. The number of rotatable bonds is 1. The monoisotopic (exact) mass is 254 g/mol. The first kappa shape index (κ1) is 7.38. The number of hydrogen-bond acceptors (Lipinski definition) is 4. The number of nitrogens with zero attached hydrogens (tertiary/aromatic N) is 4. The van der Waals surface area contributed by atoms with Gasteiger partial charge < -0.3 is 10.1 Å². The molecule has 0 aliphatic rings. The van der Waals surface area contributed by atoms with Crippen LogP contribution in [0.15, 0.2) is 0 Å². The molecule has 0 saturated carbocycles. The van der Waals surface area contributed by atoms with Crippen molar-refractivity contribution >= 4 is 28.5 Å². The lowest BCUT2D eigenvalue weighted by molar-refractivity contribution is -0.394. The summed E-state index contributed by atoms with van der Waals surface area (Å²) in [6.07, 6.45) is 0. The Labute approximate surface area is 69.5 Å². The average Bonchev–Trinajstić information content (AvgIpc) is 2.13. The van der Waals surface area contributed by atoms with Crippen molar-refractivity contribution in [1.29, 1.82) is 0 Å². The largest absolute Gasteiger partial charge is 0.492 e. The Hall–Kier alpha value is -0.730. The van der Waals surface area contributed by atoms with Gasteiger partial charge in [-0.25, -0.2) is 0 Å². The summed E-state index contributed by atoms with van der Waals surface area (Å²) in [6.45, 7) is 0. The van der Waals surface area contributed by atoms with E-state index in [0.29, 0.717) is 3.83 Å². The van der Waals surface area contributed by atoms with Crippen LogP contribution in [0.25, 0.3) is 0 Å². The fourth-order valence-corrected chi connectivity index (χ4v) is 0.754. The van der Waals surface area contributed by atoms with Gasteiger partial charge in [0.2, 0.25) is 0 Å². The molecule has 7 heteroatoms. The van der Waals surface area contributed by atoms with Gasteiger partial charge in [0.15, 0.2) is 0 Å². The Morgan fingerprint density at radius 1 is 1.80 bits per heavy atom. The quantitative estimate of drug-likeness (QED) is 0.411. The van der Waals surface area contributed by atoms with E-state index in [2.05, 4.69) is 10.1 Å². The molecule has 0 aliphatic carbocycles. The SMILES string of the molecule is Cn1nc([N+](=O)[O-])nc1I. The van der Waals surface area contributed by atoms with Gasteiger partial charge in [-0.15, -0.1) is 0 Å². The van der Waals surface area contributed by atoms with Crippen molar-refractivity contribution in [3.63, 3.8) is 0 Å². The minimum absolute atomic E-state index is 0.355. The summed E-state index contributed by atoms with van der Waals surface area (Å²) in [5.74, 6) is -0.355. The fraction of sp³-hybridized carbons (Fsp3) is 0.333. The van der Waals surface area contributed by atoms with Crippen molar-refractivity contribution in [2.45, 2.75) is 0 Å². The van der Waals surface area contributed by atoms with Gasteiger partial charge in [-0.2, -0.15) is 4.68 Å². The Morgan fingerprint density at radius 2 is 2.40 bits per heavy atom. The molecule has 6 nitrogen and oxygen atoms in total. The van der Waals surface area contributed by atoms with Crippen LogP contribution in [0, 0.1) is 13.9 Å². The van der Waals surface area contributed by atoms with Gasteiger partial charge in [0.05, 0.1) is 0 Å². The van der Waals surface area contributed by atoms with Gasteiger partial charge in [0.1, 0.15) is 0 Å². The van der Waals surface area contributed by atoms with Crippen LogP contribution in [0.1, 0.15) is 0 Å². The van der Waals surface area contributed by atoms with Crippen molar-refractivity contribution < 1.29 is 4.92 Å². The van der Waals surface area contributed by atoms with E-state index in [1.54, 1.807) is 7.05 Å². The van der Waals surface area contributed by atoms with Crippen LogP contribution in [-0.2, 0) is 7.05 Å². The third kappa shape index (κ3) is 1.23. The molecule has 1 aromatic rings. The van der Waals surface area contributed by atoms with Crippen LogP contribution >= 0.6 is 22.6 Å². The maximum atomic E-state index is 10.0. The molecule has 0 bridgehead atoms. The third-order valence-electron chi connectivity index (χ3n) is 0.862. The number of nitro groups is 1. The zero-order valence-corrected chi connectivity index (χ0v) is 7.14. The highest BCUT2D eigenvalue weighted by Crippen LogP contribution is 2.05. The second-order valence-electron chi connectivity index (χ2n) is 1.56. The molecule has 1 aromatic heterocycles. The number of halogens is 1. The second kappa shape index (κ2) is 2.48. The molecule has 0 radical (unpaired) electrons. The molecule has 0 spiro atoms. The third-order valence-corrected chi connectivity index (χ3v) is 1.80. The highest BCUT2D eigenvalue weighted by atomic mass is 127. The number of hydrogen-bond donors (Lipinski definition) is 0. The highest BCUT2D eigenvalue weighted by Gasteiger charge is 2.15. The normalized spacial score (nSPS) is 9.80. The zero-order valence-electron chi connectivity index (χ0n) is 4.98. The molecular formula is C3H3IN4O2. The Bertz CT molecular complexity index is 250. The fourth-order valence-electron chi connectivity index (χ4n) is 0.430. The maximum absolute atomic E-state index is 10.0. The van der Waals surface area contributed by atoms with Gasteiger partial charge in [-0.05, 0) is 9.91 Å². The molecular weight excluding hydrogens is 251 g/mol. The van der Waals surface area contributed by atoms with Crippen LogP contribution in [0.3, 0.4) is 0 Å². The second-order valence-corrected chi connectivity index (χ2v) is 2.53.